The van der Waals surface area contributed by atoms with Crippen molar-refractivity contribution in [1.29, 1.82) is 0 Å². The molecule has 0 aromatic carbocycles. The van der Waals surface area contributed by atoms with E-state index in [-0.39, 0.29) is 48.3 Å². The lowest BCUT2D eigenvalue weighted by Crippen LogP contribution is -2.31. The van der Waals surface area contributed by atoms with Gasteiger partial charge in [0.2, 0.25) is 0 Å². The summed E-state index contributed by atoms with van der Waals surface area (Å²) in [7, 11) is 0. The molecule has 2 amide bonds. The molecule has 0 aliphatic carbocycles. The number of ketones is 1. The average molecular weight is 229 g/mol. The van der Waals surface area contributed by atoms with Crippen LogP contribution in [-0.4, -0.2) is 27.7 Å². The Labute approximate surface area is 92.3 Å². The molecule has 0 aromatic rings. The summed E-state index contributed by atoms with van der Waals surface area (Å²) >= 11 is 4.79. The first-order chi connectivity index (χ1) is 7.00. The lowest BCUT2D eigenvalue weighted by Gasteiger charge is -2.14. The fourth-order valence-corrected chi connectivity index (χ4v) is 1.26. The minimum absolute atomic E-state index is 0.0139. The Morgan fingerprint density at radius 3 is 2.33 bits per heavy atom. The molecule has 0 bridgehead atoms. The topological polar surface area (TPSA) is 63.7 Å². The van der Waals surface area contributed by atoms with E-state index in [0.717, 1.165) is 0 Å². The molecule has 5 nitrogen and oxygen atoms in total. The average Bonchev–Trinajstić information content (AvgIpc) is 2.46. The Morgan fingerprint density at radius 2 is 1.87 bits per heavy atom. The molecule has 0 saturated carbocycles. The summed E-state index contributed by atoms with van der Waals surface area (Å²) in [4.78, 5) is 37.8. The van der Waals surface area contributed by atoms with Crippen molar-refractivity contribution in [3.05, 3.63) is 0 Å². The van der Waals surface area contributed by atoms with Gasteiger partial charge in [0, 0.05) is 25.7 Å². The first-order valence-corrected chi connectivity index (χ1v) is 4.97. The van der Waals surface area contributed by atoms with Gasteiger partial charge in [-0.05, 0) is 19.1 Å². The molecule has 1 rings (SSSR count). The zero-order valence-electron chi connectivity index (χ0n) is 8.32. The highest BCUT2D eigenvalue weighted by Gasteiger charge is 2.31. The number of nitrogens with zero attached hydrogens (tertiary/aromatic N) is 1. The quantitative estimate of drug-likeness (QED) is 0.526. The van der Waals surface area contributed by atoms with Crippen molar-refractivity contribution in [2.75, 3.05) is 0 Å². The maximum absolute atomic E-state index is 11.1. The van der Waals surface area contributed by atoms with Gasteiger partial charge in [0.1, 0.15) is 5.78 Å². The van der Waals surface area contributed by atoms with Gasteiger partial charge >= 0.3 is 0 Å². The van der Waals surface area contributed by atoms with Crippen LogP contribution in [0.3, 0.4) is 0 Å². The maximum atomic E-state index is 11.1. The zero-order chi connectivity index (χ0) is 11.4. The van der Waals surface area contributed by atoms with E-state index in [2.05, 4.69) is 0 Å². The van der Waals surface area contributed by atoms with Gasteiger partial charge in [0.15, 0.2) is 5.05 Å². The largest absolute Gasteiger partial charge is 0.362 e. The van der Waals surface area contributed by atoms with E-state index in [4.69, 9.17) is 17.1 Å². The molecule has 1 fully saturated rings. The van der Waals surface area contributed by atoms with Gasteiger partial charge in [-0.3, -0.25) is 9.59 Å². The monoisotopic (exact) mass is 229 g/mol. The smallest absolute Gasteiger partial charge is 0.263 e. The molecule has 0 atom stereocenters. The molecular formula is C9H11NO4S. The first-order valence-electron chi connectivity index (χ1n) is 4.56. The molecule has 1 aliphatic rings. The second-order valence-corrected chi connectivity index (χ2v) is 3.70. The van der Waals surface area contributed by atoms with Gasteiger partial charge in [-0.25, -0.2) is 0 Å². The van der Waals surface area contributed by atoms with Gasteiger partial charge in [-0.15, -0.1) is 5.06 Å². The zero-order valence-corrected chi connectivity index (χ0v) is 9.13. The highest BCUT2D eigenvalue weighted by atomic mass is 32.1. The molecule has 0 aromatic heterocycles. The molecule has 0 N–H and O–H groups in total. The van der Waals surface area contributed by atoms with Crippen molar-refractivity contribution in [1.82, 2.24) is 5.06 Å². The van der Waals surface area contributed by atoms with Gasteiger partial charge in [0.25, 0.3) is 11.8 Å². The number of hydrogen-bond donors (Lipinski definition) is 0. The van der Waals surface area contributed by atoms with Crippen molar-refractivity contribution in [3.8, 4) is 0 Å². The van der Waals surface area contributed by atoms with Crippen LogP contribution in [-0.2, 0) is 19.2 Å². The SMILES string of the molecule is CC(=O)CCC(=S)ON1C(=O)CCC1=O. The van der Waals surface area contributed by atoms with E-state index >= 15 is 0 Å². The number of Topliss-reactive ketones (excluding diaryl/α,β-unsaturated/α-hetero) is 1. The summed E-state index contributed by atoms with van der Waals surface area (Å²) in [6, 6.07) is 0. The van der Waals surface area contributed by atoms with Crippen molar-refractivity contribution in [2.24, 2.45) is 0 Å². The number of amides is 2. The van der Waals surface area contributed by atoms with Crippen molar-refractivity contribution in [2.45, 2.75) is 32.6 Å². The third-order valence-corrected chi connectivity index (χ3v) is 2.16. The highest BCUT2D eigenvalue weighted by Crippen LogP contribution is 2.13. The fraction of sp³-hybridized carbons (Fsp3) is 0.556. The summed E-state index contributed by atoms with van der Waals surface area (Å²) in [6.45, 7) is 1.44. The lowest BCUT2D eigenvalue weighted by atomic mass is 10.2. The van der Waals surface area contributed by atoms with Crippen molar-refractivity contribution >= 4 is 34.9 Å². The van der Waals surface area contributed by atoms with Crippen LogP contribution in [0, 0.1) is 0 Å². The highest BCUT2D eigenvalue weighted by molar-refractivity contribution is 7.80. The number of carbonyl (C=O) groups is 3. The molecule has 0 radical (unpaired) electrons. The normalized spacial score (nSPS) is 15.7. The second kappa shape index (κ2) is 4.97. The number of rotatable bonds is 4. The number of hydrogen-bond acceptors (Lipinski definition) is 5. The van der Waals surface area contributed by atoms with E-state index in [1.54, 1.807) is 0 Å². The Hall–Kier alpha value is -1.30. The summed E-state index contributed by atoms with van der Waals surface area (Å²) < 4.78 is 0. The molecular weight excluding hydrogens is 218 g/mol. The summed E-state index contributed by atoms with van der Waals surface area (Å²) in [6.07, 6.45) is 0.832. The molecule has 15 heavy (non-hydrogen) atoms. The molecule has 1 heterocycles. The van der Waals surface area contributed by atoms with Gasteiger partial charge < -0.3 is 9.63 Å². The van der Waals surface area contributed by atoms with Crippen molar-refractivity contribution in [3.63, 3.8) is 0 Å². The second-order valence-electron chi connectivity index (χ2n) is 3.25. The van der Waals surface area contributed by atoms with Gasteiger partial charge in [0.05, 0.1) is 0 Å². The van der Waals surface area contributed by atoms with Crippen LogP contribution in [0.1, 0.15) is 32.6 Å². The molecule has 1 aliphatic heterocycles. The Bertz CT molecular complexity index is 310. The molecule has 0 spiro atoms. The summed E-state index contributed by atoms with van der Waals surface area (Å²) in [5, 5.41) is 0.774. The van der Waals surface area contributed by atoms with Crippen LogP contribution in [0.5, 0.6) is 0 Å². The predicted molar refractivity (Wildman–Crippen MR) is 54.7 cm³/mol. The third-order valence-electron chi connectivity index (χ3n) is 1.88. The van der Waals surface area contributed by atoms with Gasteiger partial charge in [-0.2, -0.15) is 0 Å². The summed E-state index contributed by atoms with van der Waals surface area (Å²) in [5.41, 5.74) is 0. The third kappa shape index (κ3) is 3.39. The molecule has 82 valence electrons. The van der Waals surface area contributed by atoms with E-state index in [9.17, 15) is 14.4 Å². The number of carbonyl (C=O) groups excluding carboxylic acids is 3. The van der Waals surface area contributed by atoms with Crippen LogP contribution in [0.15, 0.2) is 0 Å². The summed E-state index contributed by atoms with van der Waals surface area (Å²) in [5.74, 6) is -0.782. The minimum Gasteiger partial charge on any atom is -0.362 e. The fourth-order valence-electron chi connectivity index (χ4n) is 1.08. The molecule has 0 unspecified atom stereocenters. The van der Waals surface area contributed by atoms with Gasteiger partial charge in [-0.1, -0.05) is 0 Å². The van der Waals surface area contributed by atoms with Crippen LogP contribution in [0.2, 0.25) is 0 Å². The Kier molecular flexibility index (Phi) is 3.90. The number of imide groups is 1. The molecule has 1 saturated heterocycles. The lowest BCUT2D eigenvalue weighted by molar-refractivity contribution is -0.167. The van der Waals surface area contributed by atoms with E-state index in [0.29, 0.717) is 5.06 Å². The first kappa shape index (κ1) is 11.8. The van der Waals surface area contributed by atoms with Crippen LogP contribution >= 0.6 is 12.2 Å². The van der Waals surface area contributed by atoms with E-state index < -0.39 is 0 Å². The number of hydroxylamine groups is 2. The van der Waals surface area contributed by atoms with Crippen LogP contribution in [0.4, 0.5) is 0 Å². The van der Waals surface area contributed by atoms with Crippen molar-refractivity contribution < 1.29 is 19.2 Å². The van der Waals surface area contributed by atoms with Crippen LogP contribution < -0.4 is 0 Å². The standard InChI is InChI=1S/C9H11NO4S/c1-6(11)2-5-9(15)14-10-7(12)3-4-8(10)13/h2-5H2,1H3. The van der Waals surface area contributed by atoms with Crippen LogP contribution in [0.25, 0.3) is 0 Å². The maximum Gasteiger partial charge on any atom is 0.263 e. The minimum atomic E-state index is -0.384. The van der Waals surface area contributed by atoms with E-state index in [1.807, 2.05) is 0 Å². The molecule has 6 heteroatoms. The Balaban J connectivity index is 2.40. The van der Waals surface area contributed by atoms with E-state index in [1.165, 1.54) is 6.92 Å². The Morgan fingerprint density at radius 1 is 1.33 bits per heavy atom. The number of thiocarbonyl (C=S) groups is 1. The predicted octanol–water partition coefficient (Wildman–Crippen LogP) is 0.764.